The fourth-order valence-electron chi connectivity index (χ4n) is 2.12. The van der Waals surface area contributed by atoms with Gasteiger partial charge in [0.15, 0.2) is 29.7 Å². The molecule has 0 N–H and O–H groups in total. The SMILES string of the molecule is COc1cc(C)ccc1OCC(=O)N(C)CCOc1ccccc1F. The molecule has 0 unspecified atom stereocenters. The highest BCUT2D eigenvalue weighted by atomic mass is 19.1. The Morgan fingerprint density at radius 2 is 1.84 bits per heavy atom. The van der Waals surface area contributed by atoms with E-state index in [1.54, 1.807) is 38.4 Å². The van der Waals surface area contributed by atoms with Crippen molar-refractivity contribution >= 4 is 5.91 Å². The number of methoxy groups -OCH3 is 1. The van der Waals surface area contributed by atoms with Gasteiger partial charge in [0.1, 0.15) is 6.61 Å². The van der Waals surface area contributed by atoms with Crippen molar-refractivity contribution in [2.75, 3.05) is 33.9 Å². The molecule has 0 heterocycles. The summed E-state index contributed by atoms with van der Waals surface area (Å²) in [4.78, 5) is 13.6. The molecule has 2 rings (SSSR count). The standard InChI is InChI=1S/C19H22FNO4/c1-14-8-9-17(18(12-14)23-3)25-13-19(22)21(2)10-11-24-16-7-5-4-6-15(16)20/h4-9,12H,10-11,13H2,1-3H3. The Hall–Kier alpha value is -2.76. The number of carbonyl (C=O) groups excluding carboxylic acids is 1. The lowest BCUT2D eigenvalue weighted by Crippen LogP contribution is -2.34. The van der Waals surface area contributed by atoms with E-state index >= 15 is 0 Å². The van der Waals surface area contributed by atoms with Crippen molar-refractivity contribution in [2.45, 2.75) is 6.92 Å². The fourth-order valence-corrected chi connectivity index (χ4v) is 2.12. The average Bonchev–Trinajstić information content (AvgIpc) is 2.61. The van der Waals surface area contributed by atoms with Crippen LogP contribution in [0.2, 0.25) is 0 Å². The van der Waals surface area contributed by atoms with Gasteiger partial charge in [0.25, 0.3) is 5.91 Å². The Morgan fingerprint density at radius 1 is 1.08 bits per heavy atom. The number of likely N-dealkylation sites (N-methyl/N-ethyl adjacent to an activating group) is 1. The minimum atomic E-state index is -0.425. The molecule has 0 aliphatic carbocycles. The van der Waals surface area contributed by atoms with Gasteiger partial charge in [-0.25, -0.2) is 4.39 Å². The van der Waals surface area contributed by atoms with Gasteiger partial charge in [-0.05, 0) is 36.8 Å². The third-order valence-electron chi connectivity index (χ3n) is 3.62. The highest BCUT2D eigenvalue weighted by Gasteiger charge is 2.12. The Morgan fingerprint density at radius 3 is 2.56 bits per heavy atom. The number of rotatable bonds is 8. The second-order valence-electron chi connectivity index (χ2n) is 5.54. The lowest BCUT2D eigenvalue weighted by Gasteiger charge is -2.18. The Labute approximate surface area is 146 Å². The summed E-state index contributed by atoms with van der Waals surface area (Å²) in [6.07, 6.45) is 0. The number of halogens is 1. The molecule has 0 aromatic heterocycles. The fraction of sp³-hybridized carbons (Fsp3) is 0.316. The van der Waals surface area contributed by atoms with Crippen LogP contribution in [-0.2, 0) is 4.79 Å². The molecule has 0 aliphatic rings. The van der Waals surface area contributed by atoms with E-state index < -0.39 is 5.82 Å². The molecule has 0 spiro atoms. The molecular formula is C19H22FNO4. The summed E-state index contributed by atoms with van der Waals surface area (Å²) in [5.41, 5.74) is 1.04. The number of ether oxygens (including phenoxy) is 3. The molecule has 0 bridgehead atoms. The van der Waals surface area contributed by atoms with Crippen molar-refractivity contribution in [1.29, 1.82) is 0 Å². The van der Waals surface area contributed by atoms with E-state index in [2.05, 4.69) is 0 Å². The predicted molar refractivity (Wildman–Crippen MR) is 92.8 cm³/mol. The van der Waals surface area contributed by atoms with Crippen molar-refractivity contribution in [2.24, 2.45) is 0 Å². The van der Waals surface area contributed by atoms with E-state index in [4.69, 9.17) is 14.2 Å². The summed E-state index contributed by atoms with van der Waals surface area (Å²) in [5.74, 6) is 0.630. The van der Waals surface area contributed by atoms with Crippen LogP contribution >= 0.6 is 0 Å². The quantitative estimate of drug-likeness (QED) is 0.736. The van der Waals surface area contributed by atoms with Gasteiger partial charge in [-0.2, -0.15) is 0 Å². The van der Waals surface area contributed by atoms with E-state index in [-0.39, 0.29) is 24.9 Å². The molecular weight excluding hydrogens is 325 g/mol. The van der Waals surface area contributed by atoms with Crippen LogP contribution in [0.1, 0.15) is 5.56 Å². The Kier molecular flexibility index (Phi) is 6.62. The third kappa shape index (κ3) is 5.38. The zero-order valence-electron chi connectivity index (χ0n) is 14.6. The molecule has 0 aliphatic heterocycles. The van der Waals surface area contributed by atoms with Gasteiger partial charge in [-0.3, -0.25) is 4.79 Å². The van der Waals surface area contributed by atoms with E-state index in [0.29, 0.717) is 18.0 Å². The Balaban J connectivity index is 1.79. The second-order valence-corrected chi connectivity index (χ2v) is 5.54. The number of nitrogens with zero attached hydrogens (tertiary/aromatic N) is 1. The molecule has 0 saturated carbocycles. The van der Waals surface area contributed by atoms with Crippen LogP contribution < -0.4 is 14.2 Å². The zero-order valence-corrected chi connectivity index (χ0v) is 14.6. The van der Waals surface area contributed by atoms with Crippen LogP contribution in [0.4, 0.5) is 4.39 Å². The number of amides is 1. The first-order valence-electron chi connectivity index (χ1n) is 7.90. The van der Waals surface area contributed by atoms with Gasteiger partial charge in [0, 0.05) is 7.05 Å². The number of aryl methyl sites for hydroxylation is 1. The summed E-state index contributed by atoms with van der Waals surface area (Å²) in [6.45, 7) is 2.34. The van der Waals surface area contributed by atoms with E-state index in [0.717, 1.165) is 5.56 Å². The van der Waals surface area contributed by atoms with Gasteiger partial charge in [0.2, 0.25) is 0 Å². The Bertz CT molecular complexity index is 720. The highest BCUT2D eigenvalue weighted by molar-refractivity contribution is 5.77. The van der Waals surface area contributed by atoms with Gasteiger partial charge in [0.05, 0.1) is 13.7 Å². The van der Waals surface area contributed by atoms with Crippen LogP contribution in [0.15, 0.2) is 42.5 Å². The number of hydrogen-bond acceptors (Lipinski definition) is 4. The van der Waals surface area contributed by atoms with Crippen molar-refractivity contribution in [3.05, 3.63) is 53.8 Å². The first-order chi connectivity index (χ1) is 12.0. The van der Waals surface area contributed by atoms with Crippen LogP contribution in [0.5, 0.6) is 17.2 Å². The molecule has 5 nitrogen and oxygen atoms in total. The van der Waals surface area contributed by atoms with Gasteiger partial charge in [-0.1, -0.05) is 18.2 Å². The summed E-state index contributed by atoms with van der Waals surface area (Å²) in [6, 6.07) is 11.6. The maximum Gasteiger partial charge on any atom is 0.260 e. The average molecular weight is 347 g/mol. The van der Waals surface area contributed by atoms with Crippen molar-refractivity contribution in [3.63, 3.8) is 0 Å². The van der Waals surface area contributed by atoms with Crippen molar-refractivity contribution in [3.8, 4) is 17.2 Å². The maximum atomic E-state index is 13.4. The monoisotopic (exact) mass is 347 g/mol. The van der Waals surface area contributed by atoms with Crippen LogP contribution in [0.25, 0.3) is 0 Å². The van der Waals surface area contributed by atoms with E-state index in [1.807, 2.05) is 19.1 Å². The smallest absolute Gasteiger partial charge is 0.260 e. The summed E-state index contributed by atoms with van der Waals surface area (Å²) in [7, 11) is 3.19. The second kappa shape index (κ2) is 8.92. The zero-order chi connectivity index (χ0) is 18.2. The number of hydrogen-bond donors (Lipinski definition) is 0. The first kappa shape index (κ1) is 18.6. The molecule has 2 aromatic carbocycles. The molecule has 2 aromatic rings. The van der Waals surface area contributed by atoms with Gasteiger partial charge >= 0.3 is 0 Å². The highest BCUT2D eigenvalue weighted by Crippen LogP contribution is 2.27. The number of benzene rings is 2. The van der Waals surface area contributed by atoms with E-state index in [9.17, 15) is 9.18 Å². The molecule has 0 saturated heterocycles. The lowest BCUT2D eigenvalue weighted by molar-refractivity contribution is -0.132. The third-order valence-corrected chi connectivity index (χ3v) is 3.62. The normalized spacial score (nSPS) is 10.2. The largest absolute Gasteiger partial charge is 0.493 e. The number of carbonyl (C=O) groups is 1. The molecule has 0 radical (unpaired) electrons. The number of para-hydroxylation sites is 1. The summed E-state index contributed by atoms with van der Waals surface area (Å²) in [5, 5.41) is 0. The molecule has 134 valence electrons. The minimum Gasteiger partial charge on any atom is -0.493 e. The van der Waals surface area contributed by atoms with Crippen molar-refractivity contribution < 1.29 is 23.4 Å². The van der Waals surface area contributed by atoms with E-state index in [1.165, 1.54) is 11.0 Å². The predicted octanol–water partition coefficient (Wildman–Crippen LogP) is 3.06. The maximum absolute atomic E-state index is 13.4. The van der Waals surface area contributed by atoms with Crippen molar-refractivity contribution in [1.82, 2.24) is 4.90 Å². The minimum absolute atomic E-state index is 0.115. The molecule has 6 heteroatoms. The topological polar surface area (TPSA) is 48.0 Å². The van der Waals surface area contributed by atoms with Gasteiger partial charge in [-0.15, -0.1) is 0 Å². The van der Waals surface area contributed by atoms with Crippen LogP contribution in [-0.4, -0.2) is 44.7 Å². The lowest BCUT2D eigenvalue weighted by atomic mass is 10.2. The molecule has 25 heavy (non-hydrogen) atoms. The summed E-state index contributed by atoms with van der Waals surface area (Å²) >= 11 is 0. The molecule has 0 fully saturated rings. The summed E-state index contributed by atoms with van der Waals surface area (Å²) < 4.78 is 29.6. The van der Waals surface area contributed by atoms with Gasteiger partial charge < -0.3 is 19.1 Å². The van der Waals surface area contributed by atoms with Crippen LogP contribution in [0, 0.1) is 12.7 Å². The van der Waals surface area contributed by atoms with Crippen LogP contribution in [0.3, 0.4) is 0 Å². The molecule has 0 atom stereocenters. The molecule has 1 amide bonds. The first-order valence-corrected chi connectivity index (χ1v) is 7.90.